The summed E-state index contributed by atoms with van der Waals surface area (Å²) in [5.41, 5.74) is 6.31. The van der Waals surface area contributed by atoms with E-state index in [4.69, 9.17) is 10.5 Å². The second-order valence-corrected chi connectivity index (χ2v) is 8.31. The van der Waals surface area contributed by atoms with Crippen LogP contribution in [0, 0.1) is 5.92 Å². The van der Waals surface area contributed by atoms with Gasteiger partial charge in [-0.05, 0) is 51.5 Å². The maximum atomic E-state index is 12.5. The van der Waals surface area contributed by atoms with E-state index in [1.807, 2.05) is 44.2 Å². The van der Waals surface area contributed by atoms with Crippen molar-refractivity contribution in [1.29, 1.82) is 0 Å². The molecule has 0 saturated heterocycles. The predicted molar refractivity (Wildman–Crippen MR) is 109 cm³/mol. The van der Waals surface area contributed by atoms with Gasteiger partial charge in [0.05, 0.1) is 6.04 Å². The fraction of sp³-hybridized carbons (Fsp3) is 0.571. The summed E-state index contributed by atoms with van der Waals surface area (Å²) in [5.74, 6) is -1.01. The standard InChI is InChI=1S/C21H33N3O4/c1-14(2)13-17(23-20(27)28-21(3,4)5)19(26)24-18(25)16(22)12-11-15-9-7-6-8-10-15/h6-10,14,16-17H,11-13,22H2,1-5H3,(H,23,27)(H,24,25,26)/t16-,17-/m0/s1. The fourth-order valence-electron chi connectivity index (χ4n) is 2.55. The molecule has 0 aliphatic carbocycles. The SMILES string of the molecule is CC(C)C[C@H](NC(=O)OC(C)(C)C)C(=O)NC(=O)[C@@H](N)CCc1ccccc1. The average molecular weight is 392 g/mol. The third-order valence-corrected chi connectivity index (χ3v) is 3.88. The molecule has 1 rings (SSSR count). The van der Waals surface area contributed by atoms with Crippen molar-refractivity contribution >= 4 is 17.9 Å². The first-order chi connectivity index (χ1) is 13.0. The Hall–Kier alpha value is -2.41. The van der Waals surface area contributed by atoms with E-state index >= 15 is 0 Å². The minimum Gasteiger partial charge on any atom is -0.444 e. The Morgan fingerprint density at radius 3 is 2.21 bits per heavy atom. The Morgan fingerprint density at radius 1 is 1.07 bits per heavy atom. The van der Waals surface area contributed by atoms with E-state index < -0.39 is 35.6 Å². The maximum absolute atomic E-state index is 12.5. The Morgan fingerprint density at radius 2 is 1.68 bits per heavy atom. The number of benzene rings is 1. The van der Waals surface area contributed by atoms with Crippen LogP contribution in [0.25, 0.3) is 0 Å². The Kier molecular flexibility index (Phi) is 9.12. The molecule has 0 radical (unpaired) electrons. The summed E-state index contributed by atoms with van der Waals surface area (Å²) < 4.78 is 5.20. The van der Waals surface area contributed by atoms with Gasteiger partial charge in [-0.3, -0.25) is 14.9 Å². The van der Waals surface area contributed by atoms with Gasteiger partial charge in [0.2, 0.25) is 11.8 Å². The van der Waals surface area contributed by atoms with Crippen LogP contribution in [-0.4, -0.2) is 35.6 Å². The van der Waals surface area contributed by atoms with Gasteiger partial charge in [-0.25, -0.2) is 4.79 Å². The smallest absolute Gasteiger partial charge is 0.408 e. The van der Waals surface area contributed by atoms with Crippen molar-refractivity contribution in [3.8, 4) is 0 Å². The van der Waals surface area contributed by atoms with E-state index in [1.165, 1.54) is 0 Å². The van der Waals surface area contributed by atoms with Gasteiger partial charge in [-0.1, -0.05) is 44.2 Å². The lowest BCUT2D eigenvalue weighted by Crippen LogP contribution is -2.53. The zero-order valence-electron chi connectivity index (χ0n) is 17.5. The molecule has 0 aliphatic rings. The molecule has 1 aromatic rings. The topological polar surface area (TPSA) is 111 Å². The van der Waals surface area contributed by atoms with Gasteiger partial charge in [-0.2, -0.15) is 0 Å². The van der Waals surface area contributed by atoms with Crippen LogP contribution >= 0.6 is 0 Å². The number of amides is 3. The van der Waals surface area contributed by atoms with Gasteiger partial charge in [0, 0.05) is 0 Å². The van der Waals surface area contributed by atoms with Gasteiger partial charge >= 0.3 is 6.09 Å². The van der Waals surface area contributed by atoms with Gasteiger partial charge in [0.25, 0.3) is 0 Å². The van der Waals surface area contributed by atoms with Gasteiger partial charge < -0.3 is 15.8 Å². The molecule has 3 amide bonds. The van der Waals surface area contributed by atoms with Crippen LogP contribution in [0.3, 0.4) is 0 Å². The molecule has 0 aromatic heterocycles. The minimum absolute atomic E-state index is 0.132. The summed E-state index contributed by atoms with van der Waals surface area (Å²) in [6, 6.07) is 7.98. The lowest BCUT2D eigenvalue weighted by Gasteiger charge is -2.24. The second-order valence-electron chi connectivity index (χ2n) is 8.31. The van der Waals surface area contributed by atoms with Crippen LogP contribution in [-0.2, 0) is 20.7 Å². The monoisotopic (exact) mass is 391 g/mol. The highest BCUT2D eigenvalue weighted by molar-refractivity contribution is 6.00. The number of hydrogen-bond donors (Lipinski definition) is 3. The van der Waals surface area contributed by atoms with E-state index in [-0.39, 0.29) is 5.92 Å². The third-order valence-electron chi connectivity index (χ3n) is 3.88. The average Bonchev–Trinajstić information content (AvgIpc) is 2.57. The quantitative estimate of drug-likeness (QED) is 0.631. The summed E-state index contributed by atoms with van der Waals surface area (Å²) in [4.78, 5) is 36.8. The summed E-state index contributed by atoms with van der Waals surface area (Å²) in [6.45, 7) is 9.05. The Labute approximate surface area is 167 Å². The van der Waals surface area contributed by atoms with Gasteiger partial charge in [0.15, 0.2) is 0 Å². The maximum Gasteiger partial charge on any atom is 0.408 e. The van der Waals surface area contributed by atoms with Gasteiger partial charge in [-0.15, -0.1) is 0 Å². The number of ether oxygens (including phenoxy) is 1. The first-order valence-corrected chi connectivity index (χ1v) is 9.61. The van der Waals surface area contributed by atoms with Gasteiger partial charge in [0.1, 0.15) is 11.6 Å². The van der Waals surface area contributed by atoms with Crippen molar-refractivity contribution in [2.45, 2.75) is 71.6 Å². The lowest BCUT2D eigenvalue weighted by molar-refractivity contribution is -0.132. The molecule has 28 heavy (non-hydrogen) atoms. The molecule has 0 aliphatic heterocycles. The molecule has 7 nitrogen and oxygen atoms in total. The zero-order chi connectivity index (χ0) is 21.3. The molecule has 0 spiro atoms. The van der Waals surface area contributed by atoms with E-state index in [1.54, 1.807) is 20.8 Å². The second kappa shape index (κ2) is 10.8. The molecule has 1 aromatic carbocycles. The first kappa shape index (κ1) is 23.6. The Bertz CT molecular complexity index is 653. The molecule has 0 saturated carbocycles. The Balaban J connectivity index is 2.61. The third kappa shape index (κ3) is 9.50. The van der Waals surface area contributed by atoms with Crippen molar-refractivity contribution in [3.05, 3.63) is 35.9 Å². The molecule has 4 N–H and O–H groups in total. The van der Waals surface area contributed by atoms with E-state index in [0.29, 0.717) is 19.3 Å². The zero-order valence-corrected chi connectivity index (χ0v) is 17.5. The molecule has 0 heterocycles. The molecule has 2 atom stereocenters. The molecule has 7 heteroatoms. The summed E-state index contributed by atoms with van der Waals surface area (Å²) >= 11 is 0. The highest BCUT2D eigenvalue weighted by Gasteiger charge is 2.27. The van der Waals surface area contributed by atoms with Crippen molar-refractivity contribution < 1.29 is 19.1 Å². The number of nitrogens with one attached hydrogen (secondary N) is 2. The van der Waals surface area contributed by atoms with E-state index in [9.17, 15) is 14.4 Å². The van der Waals surface area contributed by atoms with Crippen molar-refractivity contribution in [1.82, 2.24) is 10.6 Å². The highest BCUT2D eigenvalue weighted by Crippen LogP contribution is 2.10. The van der Waals surface area contributed by atoms with Crippen molar-refractivity contribution in [2.75, 3.05) is 0 Å². The van der Waals surface area contributed by atoms with Crippen molar-refractivity contribution in [2.24, 2.45) is 11.7 Å². The molecular formula is C21H33N3O4. The summed E-state index contributed by atoms with van der Waals surface area (Å²) in [5, 5.41) is 4.86. The summed E-state index contributed by atoms with van der Waals surface area (Å²) in [6.07, 6.45) is 0.721. The molecule has 0 bridgehead atoms. The number of nitrogens with two attached hydrogens (primary N) is 1. The van der Waals surface area contributed by atoms with Crippen LogP contribution in [0.5, 0.6) is 0 Å². The number of imide groups is 1. The molecule has 156 valence electrons. The van der Waals surface area contributed by atoms with Crippen LogP contribution in [0.2, 0.25) is 0 Å². The van der Waals surface area contributed by atoms with Crippen LogP contribution in [0.15, 0.2) is 30.3 Å². The lowest BCUT2D eigenvalue weighted by atomic mass is 10.0. The van der Waals surface area contributed by atoms with E-state index in [0.717, 1.165) is 5.56 Å². The molecule has 0 fully saturated rings. The molecule has 0 unspecified atom stereocenters. The first-order valence-electron chi connectivity index (χ1n) is 9.61. The number of carbonyl (C=O) groups is 3. The van der Waals surface area contributed by atoms with E-state index in [2.05, 4.69) is 10.6 Å². The largest absolute Gasteiger partial charge is 0.444 e. The number of carbonyl (C=O) groups excluding carboxylic acids is 3. The van der Waals surface area contributed by atoms with Crippen LogP contribution < -0.4 is 16.4 Å². The number of hydrogen-bond acceptors (Lipinski definition) is 5. The highest BCUT2D eigenvalue weighted by atomic mass is 16.6. The van der Waals surface area contributed by atoms with Crippen LogP contribution in [0.4, 0.5) is 4.79 Å². The number of rotatable bonds is 8. The fourth-order valence-corrected chi connectivity index (χ4v) is 2.55. The van der Waals surface area contributed by atoms with Crippen LogP contribution in [0.1, 0.15) is 53.0 Å². The summed E-state index contributed by atoms with van der Waals surface area (Å²) in [7, 11) is 0. The predicted octanol–water partition coefficient (Wildman–Crippen LogP) is 2.53. The number of alkyl carbamates (subject to hydrolysis) is 1. The minimum atomic E-state index is -0.875. The van der Waals surface area contributed by atoms with Crippen molar-refractivity contribution in [3.63, 3.8) is 0 Å². The molecular weight excluding hydrogens is 358 g/mol. The number of aryl methyl sites for hydroxylation is 1. The normalized spacial score (nSPS) is 13.5.